The van der Waals surface area contributed by atoms with Gasteiger partial charge in [0.15, 0.2) is 0 Å². The summed E-state index contributed by atoms with van der Waals surface area (Å²) in [6.07, 6.45) is 1.94. The molecular formula is C21H31N5O5S2. The molecule has 0 aliphatic carbocycles. The molecule has 1 amide bonds. The highest BCUT2D eigenvalue weighted by molar-refractivity contribution is 7.91. The molecule has 33 heavy (non-hydrogen) atoms. The molecule has 2 aromatic rings. The minimum absolute atomic E-state index is 0.00280. The van der Waals surface area contributed by atoms with E-state index >= 15 is 0 Å². The molecule has 0 saturated carbocycles. The van der Waals surface area contributed by atoms with Crippen LogP contribution in [-0.4, -0.2) is 67.3 Å². The van der Waals surface area contributed by atoms with Crippen LogP contribution in [0, 0.1) is 27.7 Å². The van der Waals surface area contributed by atoms with Crippen LogP contribution in [0.4, 0.5) is 0 Å². The largest absolute Gasteiger partial charge is 0.343 e. The zero-order chi connectivity index (χ0) is 24.6. The summed E-state index contributed by atoms with van der Waals surface area (Å²) >= 11 is 0. The van der Waals surface area contributed by atoms with Crippen LogP contribution in [0.15, 0.2) is 22.4 Å². The van der Waals surface area contributed by atoms with Crippen LogP contribution in [0.1, 0.15) is 41.5 Å². The maximum atomic E-state index is 12.9. The van der Waals surface area contributed by atoms with E-state index in [9.17, 15) is 21.6 Å². The number of benzene rings is 1. The van der Waals surface area contributed by atoms with E-state index in [-0.39, 0.29) is 28.9 Å². The second-order valence-corrected chi connectivity index (χ2v) is 12.4. The number of carbonyl (C=O) groups is 1. The lowest BCUT2D eigenvalue weighted by molar-refractivity contribution is -0.131. The summed E-state index contributed by atoms with van der Waals surface area (Å²) in [5.74, 6) is -0.207. The lowest BCUT2D eigenvalue weighted by Crippen LogP contribution is -2.43. The predicted octanol–water partition coefficient (Wildman–Crippen LogP) is 1.18. The van der Waals surface area contributed by atoms with Crippen molar-refractivity contribution in [2.45, 2.75) is 62.3 Å². The van der Waals surface area contributed by atoms with Crippen molar-refractivity contribution < 1.29 is 21.6 Å². The van der Waals surface area contributed by atoms with Crippen LogP contribution in [-0.2, 0) is 31.7 Å². The van der Waals surface area contributed by atoms with E-state index in [0.29, 0.717) is 37.1 Å². The van der Waals surface area contributed by atoms with Crippen LogP contribution in [0.25, 0.3) is 0 Å². The molecule has 10 nitrogen and oxygen atoms in total. The molecule has 0 atom stereocenters. The highest BCUT2D eigenvalue weighted by atomic mass is 32.2. The van der Waals surface area contributed by atoms with Gasteiger partial charge < -0.3 is 9.47 Å². The number of sulfonamides is 1. The molecule has 1 aliphatic heterocycles. The number of aryl methyl sites for hydroxylation is 3. The molecule has 12 heteroatoms. The smallest absolute Gasteiger partial charge is 0.249 e. The first-order valence-electron chi connectivity index (χ1n) is 10.8. The highest BCUT2D eigenvalue weighted by Gasteiger charge is 2.35. The number of nitrogens with zero attached hydrogens (tertiary/aromatic N) is 4. The molecule has 1 N–H and O–H groups in total. The molecule has 0 spiro atoms. The van der Waals surface area contributed by atoms with Gasteiger partial charge in [0.25, 0.3) is 0 Å². The van der Waals surface area contributed by atoms with Crippen molar-refractivity contribution in [1.82, 2.24) is 24.4 Å². The third-order valence-electron chi connectivity index (χ3n) is 6.35. The van der Waals surface area contributed by atoms with Gasteiger partial charge in [-0.15, -0.1) is 10.2 Å². The molecule has 3 rings (SSSR count). The van der Waals surface area contributed by atoms with Crippen LogP contribution in [0.5, 0.6) is 0 Å². The maximum absolute atomic E-state index is 12.9. The molecule has 182 valence electrons. The van der Waals surface area contributed by atoms with E-state index < -0.39 is 25.1 Å². The molecule has 1 aromatic carbocycles. The van der Waals surface area contributed by atoms with E-state index in [4.69, 9.17) is 0 Å². The number of nitrogens with one attached hydrogen (secondary N) is 1. The van der Waals surface area contributed by atoms with Gasteiger partial charge in [0, 0.05) is 33.1 Å². The van der Waals surface area contributed by atoms with Crippen LogP contribution in [0.3, 0.4) is 0 Å². The first-order chi connectivity index (χ1) is 15.4. The minimum Gasteiger partial charge on any atom is -0.343 e. The van der Waals surface area contributed by atoms with Gasteiger partial charge in [0.1, 0.15) is 6.33 Å². The van der Waals surface area contributed by atoms with Gasteiger partial charge in [-0.3, -0.25) is 4.79 Å². The van der Waals surface area contributed by atoms with Crippen molar-refractivity contribution in [3.8, 4) is 0 Å². The molecule has 2 heterocycles. The van der Waals surface area contributed by atoms with Crippen molar-refractivity contribution in [3.05, 3.63) is 34.6 Å². The second-order valence-electron chi connectivity index (χ2n) is 8.59. The fourth-order valence-electron chi connectivity index (χ4n) is 4.20. The van der Waals surface area contributed by atoms with E-state index in [0.717, 1.165) is 11.1 Å². The standard InChI is InChI=1S/C21H31N5O5S2/c1-14-12-15(2)17(4)20(16(14)3)33(30,31)23-9-6-19(27)26-10-7-18(8-11-26)32(28,29)21-24-22-13-25(21)5/h12-13,18,23H,6-11H2,1-5H3. The summed E-state index contributed by atoms with van der Waals surface area (Å²) in [6.45, 7) is 7.87. The lowest BCUT2D eigenvalue weighted by atomic mass is 10.0. The van der Waals surface area contributed by atoms with Gasteiger partial charge in [-0.25, -0.2) is 21.6 Å². The fourth-order valence-corrected chi connectivity index (χ4v) is 7.58. The first-order valence-corrected chi connectivity index (χ1v) is 13.8. The van der Waals surface area contributed by atoms with Crippen molar-refractivity contribution >= 4 is 25.8 Å². The minimum atomic E-state index is -3.77. The van der Waals surface area contributed by atoms with Crippen molar-refractivity contribution in [3.63, 3.8) is 0 Å². The topological polar surface area (TPSA) is 131 Å². The Bertz CT molecular complexity index is 1230. The van der Waals surface area contributed by atoms with Crippen molar-refractivity contribution in [2.24, 2.45) is 7.05 Å². The summed E-state index contributed by atoms with van der Waals surface area (Å²) < 4.78 is 55.3. The average molecular weight is 498 g/mol. The van der Waals surface area contributed by atoms with E-state index in [2.05, 4.69) is 14.9 Å². The monoisotopic (exact) mass is 497 g/mol. The number of hydrogen-bond donors (Lipinski definition) is 1. The summed E-state index contributed by atoms with van der Waals surface area (Å²) in [4.78, 5) is 14.5. The van der Waals surface area contributed by atoms with Crippen molar-refractivity contribution in [2.75, 3.05) is 19.6 Å². The van der Waals surface area contributed by atoms with Gasteiger partial charge >= 0.3 is 0 Å². The Kier molecular flexibility index (Phi) is 7.30. The molecule has 1 fully saturated rings. The summed E-state index contributed by atoms with van der Waals surface area (Å²) in [6, 6.07) is 1.96. The van der Waals surface area contributed by atoms with E-state index in [1.165, 1.54) is 10.9 Å². The Labute approximate surface area is 195 Å². The average Bonchev–Trinajstić information content (AvgIpc) is 3.19. The second kappa shape index (κ2) is 9.51. The van der Waals surface area contributed by atoms with Crippen LogP contribution >= 0.6 is 0 Å². The number of rotatable bonds is 7. The molecule has 0 bridgehead atoms. The van der Waals surface area contributed by atoms with Gasteiger partial charge in [0.05, 0.1) is 10.1 Å². The number of piperidine rings is 1. The van der Waals surface area contributed by atoms with E-state index in [1.54, 1.807) is 25.8 Å². The molecule has 1 aliphatic rings. The Morgan fingerprint density at radius 1 is 1.06 bits per heavy atom. The maximum Gasteiger partial charge on any atom is 0.249 e. The van der Waals surface area contributed by atoms with Gasteiger partial charge in [0.2, 0.25) is 30.9 Å². The summed E-state index contributed by atoms with van der Waals surface area (Å²) in [5.41, 5.74) is 3.19. The number of hydrogen-bond acceptors (Lipinski definition) is 7. The normalized spacial score (nSPS) is 15.7. The highest BCUT2D eigenvalue weighted by Crippen LogP contribution is 2.26. The Balaban J connectivity index is 1.57. The quantitative estimate of drug-likeness (QED) is 0.608. The molecule has 1 aromatic heterocycles. The number of sulfone groups is 1. The van der Waals surface area contributed by atoms with Gasteiger partial charge in [-0.1, -0.05) is 6.07 Å². The Morgan fingerprint density at radius 2 is 1.64 bits per heavy atom. The number of amides is 1. The zero-order valence-corrected chi connectivity index (χ0v) is 21.3. The number of carbonyl (C=O) groups excluding carboxylic acids is 1. The summed E-state index contributed by atoms with van der Waals surface area (Å²) in [5, 5.41) is 6.65. The number of aromatic nitrogens is 3. The van der Waals surface area contributed by atoms with Crippen LogP contribution in [0.2, 0.25) is 0 Å². The third-order valence-corrected chi connectivity index (χ3v) is 10.3. The zero-order valence-electron chi connectivity index (χ0n) is 19.6. The lowest BCUT2D eigenvalue weighted by Gasteiger charge is -2.31. The predicted molar refractivity (Wildman–Crippen MR) is 123 cm³/mol. The molecular weight excluding hydrogens is 466 g/mol. The van der Waals surface area contributed by atoms with E-state index in [1.807, 2.05) is 19.9 Å². The Morgan fingerprint density at radius 3 is 2.15 bits per heavy atom. The van der Waals surface area contributed by atoms with Gasteiger partial charge in [-0.2, -0.15) is 0 Å². The van der Waals surface area contributed by atoms with Crippen LogP contribution < -0.4 is 4.72 Å². The SMILES string of the molecule is Cc1cc(C)c(C)c(S(=O)(=O)NCCC(=O)N2CCC(S(=O)(=O)c3nncn3C)CC2)c1C. The fraction of sp³-hybridized carbons (Fsp3) is 0.571. The third kappa shape index (κ3) is 5.12. The first kappa shape index (κ1) is 25.3. The van der Waals surface area contributed by atoms with Gasteiger partial charge in [-0.05, 0) is 62.8 Å². The summed E-state index contributed by atoms with van der Waals surface area (Å²) in [7, 11) is -5.81. The number of likely N-dealkylation sites (tertiary alicyclic amines) is 1. The molecule has 0 unspecified atom stereocenters. The Hall–Kier alpha value is -2.31. The molecule has 0 radical (unpaired) electrons. The molecule has 1 saturated heterocycles. The van der Waals surface area contributed by atoms with Crippen molar-refractivity contribution in [1.29, 1.82) is 0 Å².